The van der Waals surface area contributed by atoms with E-state index in [1.807, 2.05) is 24.3 Å². The van der Waals surface area contributed by atoms with E-state index in [0.717, 1.165) is 11.1 Å². The lowest BCUT2D eigenvalue weighted by Crippen LogP contribution is -2.28. The van der Waals surface area contributed by atoms with Crippen LogP contribution in [0.2, 0.25) is 0 Å². The number of ether oxygens (including phenoxy) is 1. The van der Waals surface area contributed by atoms with E-state index in [1.165, 1.54) is 0 Å². The Kier molecular flexibility index (Phi) is 2.64. The summed E-state index contributed by atoms with van der Waals surface area (Å²) in [4.78, 5) is 10.5. The number of carbonyl (C=O) groups excluding carboxylic acids is 1. The zero-order valence-corrected chi connectivity index (χ0v) is 8.06. The van der Waals surface area contributed by atoms with Crippen LogP contribution in [-0.2, 0) is 11.3 Å². The fourth-order valence-corrected chi connectivity index (χ4v) is 1.48. The number of hydrogen-bond acceptors (Lipinski definition) is 3. The fourth-order valence-electron chi connectivity index (χ4n) is 1.48. The van der Waals surface area contributed by atoms with Crippen molar-refractivity contribution in [3.63, 3.8) is 0 Å². The lowest BCUT2D eigenvalue weighted by atomic mass is 10.0. The monoisotopic (exact) mass is 205 g/mol. The summed E-state index contributed by atoms with van der Waals surface area (Å²) in [5.41, 5.74) is 9.89. The molecule has 1 aliphatic heterocycles. The molecule has 0 unspecified atom stereocenters. The molecule has 2 rings (SSSR count). The van der Waals surface area contributed by atoms with Gasteiger partial charge in [-0.25, -0.2) is 10.2 Å². The van der Waals surface area contributed by atoms with Crippen LogP contribution in [0.5, 0.6) is 0 Å². The van der Waals surface area contributed by atoms with Gasteiger partial charge in [0.1, 0.15) is 0 Å². The van der Waals surface area contributed by atoms with Crippen LogP contribution in [0.3, 0.4) is 0 Å². The molecule has 0 spiro atoms. The number of nitrogens with one attached hydrogen (secondary N) is 1. The molecule has 1 aromatic carbocycles. The maximum absolute atomic E-state index is 10.5. The average Bonchev–Trinajstić information content (AvgIpc) is 2.26. The largest absolute Gasteiger partial charge is 0.370 e. The van der Waals surface area contributed by atoms with Crippen LogP contribution >= 0.6 is 0 Å². The summed E-state index contributed by atoms with van der Waals surface area (Å²) in [5.74, 6) is 0. The predicted molar refractivity (Wildman–Crippen MR) is 55.4 cm³/mol. The molecule has 5 nitrogen and oxygen atoms in total. The number of fused-ring (bicyclic) bond motifs is 1. The highest BCUT2D eigenvalue weighted by molar-refractivity contribution is 6.03. The molecule has 0 radical (unpaired) electrons. The molecule has 0 aromatic heterocycles. The number of nitrogens with two attached hydrogens (primary N) is 1. The van der Waals surface area contributed by atoms with Crippen molar-refractivity contribution in [3.8, 4) is 0 Å². The van der Waals surface area contributed by atoms with Gasteiger partial charge >= 0.3 is 6.03 Å². The Labute approximate surface area is 86.9 Å². The standard InChI is InChI=1S/C10H11N3O2/c11-10(14)13-12-9-6-15-5-7-3-1-2-4-8(7)9/h1-4H,5-6H2,(H3,11,13,14)/b12-9-. The van der Waals surface area contributed by atoms with Crippen LogP contribution in [-0.4, -0.2) is 18.3 Å². The van der Waals surface area contributed by atoms with Gasteiger partial charge in [0.05, 0.1) is 18.9 Å². The predicted octanol–water partition coefficient (Wildman–Crippen LogP) is 0.589. The maximum atomic E-state index is 10.5. The van der Waals surface area contributed by atoms with Crippen molar-refractivity contribution in [3.05, 3.63) is 35.4 Å². The molecular weight excluding hydrogens is 194 g/mol. The first-order valence-electron chi connectivity index (χ1n) is 4.55. The average molecular weight is 205 g/mol. The van der Waals surface area contributed by atoms with Crippen LogP contribution < -0.4 is 11.2 Å². The first-order chi connectivity index (χ1) is 7.27. The molecule has 0 atom stereocenters. The quantitative estimate of drug-likeness (QED) is 0.658. The molecule has 0 fully saturated rings. The third-order valence-corrected chi connectivity index (χ3v) is 2.13. The highest BCUT2D eigenvalue weighted by Gasteiger charge is 2.15. The van der Waals surface area contributed by atoms with Gasteiger partial charge < -0.3 is 10.5 Å². The molecule has 78 valence electrons. The van der Waals surface area contributed by atoms with Gasteiger partial charge in [-0.1, -0.05) is 24.3 Å². The van der Waals surface area contributed by atoms with E-state index in [0.29, 0.717) is 18.9 Å². The number of benzene rings is 1. The van der Waals surface area contributed by atoms with Crippen molar-refractivity contribution in [2.75, 3.05) is 6.61 Å². The van der Waals surface area contributed by atoms with E-state index in [-0.39, 0.29) is 0 Å². The Hall–Kier alpha value is -1.88. The summed E-state index contributed by atoms with van der Waals surface area (Å²) < 4.78 is 5.32. The van der Waals surface area contributed by atoms with Crippen LogP contribution in [0.1, 0.15) is 11.1 Å². The van der Waals surface area contributed by atoms with Crippen molar-refractivity contribution >= 4 is 11.7 Å². The van der Waals surface area contributed by atoms with E-state index >= 15 is 0 Å². The topological polar surface area (TPSA) is 76.7 Å². The normalized spacial score (nSPS) is 17.2. The lowest BCUT2D eigenvalue weighted by Gasteiger charge is -2.17. The third-order valence-electron chi connectivity index (χ3n) is 2.13. The first kappa shape index (κ1) is 9.67. The Morgan fingerprint density at radius 3 is 3.00 bits per heavy atom. The second-order valence-corrected chi connectivity index (χ2v) is 3.18. The summed E-state index contributed by atoms with van der Waals surface area (Å²) in [6.07, 6.45) is 0. The van der Waals surface area contributed by atoms with Gasteiger partial charge in [0.15, 0.2) is 0 Å². The summed E-state index contributed by atoms with van der Waals surface area (Å²) in [7, 11) is 0. The number of primary amides is 1. The number of carbonyl (C=O) groups is 1. The van der Waals surface area contributed by atoms with Gasteiger partial charge in [-0.3, -0.25) is 0 Å². The minimum absolute atomic E-state index is 0.386. The number of urea groups is 1. The van der Waals surface area contributed by atoms with Crippen LogP contribution in [0.25, 0.3) is 0 Å². The van der Waals surface area contributed by atoms with E-state index in [4.69, 9.17) is 10.5 Å². The van der Waals surface area contributed by atoms with Crippen molar-refractivity contribution in [2.24, 2.45) is 10.8 Å². The van der Waals surface area contributed by atoms with E-state index in [1.54, 1.807) is 0 Å². The molecule has 15 heavy (non-hydrogen) atoms. The van der Waals surface area contributed by atoms with Crippen LogP contribution in [0.15, 0.2) is 29.4 Å². The zero-order chi connectivity index (χ0) is 10.7. The van der Waals surface area contributed by atoms with Crippen molar-refractivity contribution in [1.29, 1.82) is 0 Å². The minimum atomic E-state index is -0.675. The summed E-state index contributed by atoms with van der Waals surface area (Å²) in [6, 6.07) is 7.09. The van der Waals surface area contributed by atoms with Gasteiger partial charge in [0, 0.05) is 5.56 Å². The van der Waals surface area contributed by atoms with Crippen molar-refractivity contribution in [2.45, 2.75) is 6.61 Å². The third kappa shape index (κ3) is 2.13. The Balaban J connectivity index is 2.29. The molecule has 0 saturated heterocycles. The molecule has 1 aliphatic rings. The summed E-state index contributed by atoms with van der Waals surface area (Å²) >= 11 is 0. The van der Waals surface area contributed by atoms with Crippen LogP contribution in [0.4, 0.5) is 4.79 Å². The molecule has 0 saturated carbocycles. The van der Waals surface area contributed by atoms with Crippen molar-refractivity contribution < 1.29 is 9.53 Å². The molecule has 0 bridgehead atoms. The summed E-state index contributed by atoms with van der Waals surface area (Å²) in [5, 5.41) is 3.89. The smallest absolute Gasteiger partial charge is 0.332 e. The number of rotatable bonds is 1. The first-order valence-corrected chi connectivity index (χ1v) is 4.55. The van der Waals surface area contributed by atoms with Gasteiger partial charge in [-0.15, -0.1) is 0 Å². The Bertz CT molecular complexity index is 415. The second-order valence-electron chi connectivity index (χ2n) is 3.18. The Morgan fingerprint density at radius 1 is 1.40 bits per heavy atom. The Morgan fingerprint density at radius 2 is 2.20 bits per heavy atom. The molecule has 3 N–H and O–H groups in total. The van der Waals surface area contributed by atoms with Crippen LogP contribution in [0, 0.1) is 0 Å². The molecule has 1 aromatic rings. The van der Waals surface area contributed by atoms with E-state index in [2.05, 4.69) is 10.5 Å². The summed E-state index contributed by atoms with van der Waals surface area (Å²) in [6.45, 7) is 0.961. The van der Waals surface area contributed by atoms with Gasteiger partial charge in [0.25, 0.3) is 0 Å². The molecular formula is C10H11N3O2. The molecule has 1 heterocycles. The number of nitrogens with zero attached hydrogens (tertiary/aromatic N) is 1. The maximum Gasteiger partial charge on any atom is 0.332 e. The number of hydrazone groups is 1. The molecule has 2 amide bonds. The zero-order valence-electron chi connectivity index (χ0n) is 8.06. The van der Waals surface area contributed by atoms with E-state index in [9.17, 15) is 4.79 Å². The van der Waals surface area contributed by atoms with Gasteiger partial charge in [0.2, 0.25) is 0 Å². The fraction of sp³-hybridized carbons (Fsp3) is 0.200. The van der Waals surface area contributed by atoms with Gasteiger partial charge in [-0.05, 0) is 5.56 Å². The SMILES string of the molecule is NC(=O)N/N=C1/COCc2ccccc21. The highest BCUT2D eigenvalue weighted by Crippen LogP contribution is 2.16. The second kappa shape index (κ2) is 4.10. The molecule has 5 heteroatoms. The molecule has 0 aliphatic carbocycles. The number of hydrogen-bond donors (Lipinski definition) is 2. The highest BCUT2D eigenvalue weighted by atomic mass is 16.5. The van der Waals surface area contributed by atoms with Crippen molar-refractivity contribution in [1.82, 2.24) is 5.43 Å². The van der Waals surface area contributed by atoms with Gasteiger partial charge in [-0.2, -0.15) is 5.10 Å². The minimum Gasteiger partial charge on any atom is -0.370 e. The lowest BCUT2D eigenvalue weighted by molar-refractivity contribution is 0.152. The van der Waals surface area contributed by atoms with E-state index < -0.39 is 6.03 Å². The number of amides is 2.